The molecule has 1 heterocycles. The number of amides is 3. The molecule has 1 aromatic carbocycles. The molecule has 0 spiro atoms. The Morgan fingerprint density at radius 3 is 2.32 bits per heavy atom. The van der Waals surface area contributed by atoms with E-state index in [9.17, 15) is 27.6 Å². The van der Waals surface area contributed by atoms with Crippen molar-refractivity contribution < 1.29 is 42.2 Å². The number of nitrogen functional groups attached to an aromatic ring is 1. The molecule has 1 saturated heterocycles. The number of benzene rings is 1. The van der Waals surface area contributed by atoms with Crippen LogP contribution in [0.25, 0.3) is 0 Å². The van der Waals surface area contributed by atoms with Crippen LogP contribution in [0.15, 0.2) is 24.3 Å². The van der Waals surface area contributed by atoms with Crippen molar-refractivity contribution in [3.63, 3.8) is 0 Å². The number of carboxylic acids is 1. The van der Waals surface area contributed by atoms with Gasteiger partial charge in [-0.05, 0) is 44.5 Å². The zero-order valence-electron chi connectivity index (χ0n) is 18.4. The molecule has 188 valence electrons. The number of carbonyl (C=O) groups is 4. The number of rotatable bonds is 7. The molecular weight excluding hydrogens is 463 g/mol. The number of urea groups is 1. The number of ether oxygens (including phenoxy) is 1. The van der Waals surface area contributed by atoms with Crippen molar-refractivity contribution in [1.29, 1.82) is 5.41 Å². The Labute approximate surface area is 192 Å². The standard InChI is InChI=1S/C18H25N5O4.C2HF3O2/c1-3-27-15(24)10-11(2)21-18(26)22-14-8-9-23(17(14)25)13-6-4-12(5-7-13)16(19)20;3-2(4,5)1(6)7/h4-7,11,14H,3,8-10H2,1-2H3,(H3,19,20)(H2,21,22,26);(H,6,7)/t11-,14?;/m1./s1. The van der Waals surface area contributed by atoms with E-state index in [1.54, 1.807) is 43.0 Å². The summed E-state index contributed by atoms with van der Waals surface area (Å²) >= 11 is 0. The van der Waals surface area contributed by atoms with E-state index in [0.717, 1.165) is 0 Å². The Morgan fingerprint density at radius 2 is 1.85 bits per heavy atom. The van der Waals surface area contributed by atoms with E-state index in [0.29, 0.717) is 24.2 Å². The molecule has 1 aliphatic heterocycles. The second-order valence-electron chi connectivity index (χ2n) is 7.12. The van der Waals surface area contributed by atoms with Gasteiger partial charge in [-0.3, -0.25) is 15.0 Å². The quantitative estimate of drug-likeness (QED) is 0.218. The van der Waals surface area contributed by atoms with Crippen LogP contribution in [0.3, 0.4) is 0 Å². The van der Waals surface area contributed by atoms with E-state index in [1.165, 1.54) is 0 Å². The first-order valence-electron chi connectivity index (χ1n) is 10.0. The summed E-state index contributed by atoms with van der Waals surface area (Å²) in [6.45, 7) is 4.17. The second-order valence-corrected chi connectivity index (χ2v) is 7.12. The lowest BCUT2D eigenvalue weighted by Gasteiger charge is -2.19. The number of carboxylic acid groups (broad SMARTS) is 1. The van der Waals surface area contributed by atoms with Crippen molar-refractivity contribution in [3.05, 3.63) is 29.8 Å². The lowest BCUT2D eigenvalue weighted by Crippen LogP contribution is -2.48. The minimum atomic E-state index is -5.08. The van der Waals surface area contributed by atoms with Crippen molar-refractivity contribution in [2.75, 3.05) is 18.1 Å². The second kappa shape index (κ2) is 12.4. The summed E-state index contributed by atoms with van der Waals surface area (Å²) in [6, 6.07) is 5.25. The van der Waals surface area contributed by atoms with Gasteiger partial charge in [-0.1, -0.05) is 0 Å². The highest BCUT2D eigenvalue weighted by molar-refractivity contribution is 6.02. The van der Waals surface area contributed by atoms with Crippen molar-refractivity contribution in [1.82, 2.24) is 10.6 Å². The summed E-state index contributed by atoms with van der Waals surface area (Å²) < 4.78 is 36.6. The third-order valence-corrected chi connectivity index (χ3v) is 4.40. The van der Waals surface area contributed by atoms with E-state index in [4.69, 9.17) is 25.8 Å². The molecule has 1 aliphatic rings. The van der Waals surface area contributed by atoms with Crippen molar-refractivity contribution in [2.24, 2.45) is 5.73 Å². The number of hydrogen-bond donors (Lipinski definition) is 5. The topological polar surface area (TPSA) is 175 Å². The predicted molar refractivity (Wildman–Crippen MR) is 114 cm³/mol. The Hall–Kier alpha value is -3.84. The number of alkyl halides is 3. The first-order valence-corrected chi connectivity index (χ1v) is 10.0. The molecule has 1 unspecified atom stereocenters. The number of amidine groups is 1. The normalized spacial score (nSPS) is 16.1. The van der Waals surface area contributed by atoms with Crippen LogP contribution in [0, 0.1) is 5.41 Å². The molecular formula is C20H26F3N5O6. The highest BCUT2D eigenvalue weighted by atomic mass is 19.4. The van der Waals surface area contributed by atoms with Crippen LogP contribution in [0.2, 0.25) is 0 Å². The summed E-state index contributed by atoms with van der Waals surface area (Å²) in [7, 11) is 0. The van der Waals surface area contributed by atoms with Crippen LogP contribution in [0.4, 0.5) is 23.7 Å². The van der Waals surface area contributed by atoms with Crippen molar-refractivity contribution in [3.8, 4) is 0 Å². The van der Waals surface area contributed by atoms with Crippen molar-refractivity contribution in [2.45, 2.75) is 44.9 Å². The molecule has 0 bridgehead atoms. The van der Waals surface area contributed by atoms with Gasteiger partial charge in [0, 0.05) is 23.8 Å². The number of nitrogens with one attached hydrogen (secondary N) is 3. The summed E-state index contributed by atoms with van der Waals surface area (Å²) in [6.07, 6.45) is -4.54. The molecule has 0 aromatic heterocycles. The van der Waals surface area contributed by atoms with Gasteiger partial charge < -0.3 is 31.1 Å². The Kier molecular flexibility index (Phi) is 10.3. The van der Waals surface area contributed by atoms with Gasteiger partial charge in [0.1, 0.15) is 11.9 Å². The van der Waals surface area contributed by atoms with Crippen LogP contribution in [0.5, 0.6) is 0 Å². The lowest BCUT2D eigenvalue weighted by molar-refractivity contribution is -0.192. The van der Waals surface area contributed by atoms with E-state index in [2.05, 4.69) is 10.6 Å². The molecule has 14 heteroatoms. The largest absolute Gasteiger partial charge is 0.490 e. The fraction of sp³-hybridized carbons (Fsp3) is 0.450. The summed E-state index contributed by atoms with van der Waals surface area (Å²) in [5, 5.41) is 19.8. The summed E-state index contributed by atoms with van der Waals surface area (Å²) in [5.74, 6) is -3.39. The molecule has 2 atom stereocenters. The number of esters is 1. The number of carbonyl (C=O) groups excluding carboxylic acids is 3. The van der Waals surface area contributed by atoms with Crippen LogP contribution in [-0.2, 0) is 19.1 Å². The average Bonchev–Trinajstić information content (AvgIpc) is 3.07. The molecule has 3 amide bonds. The van der Waals surface area contributed by atoms with E-state index in [-0.39, 0.29) is 30.7 Å². The molecule has 34 heavy (non-hydrogen) atoms. The maximum Gasteiger partial charge on any atom is 0.490 e. The highest BCUT2D eigenvalue weighted by Crippen LogP contribution is 2.22. The molecule has 6 N–H and O–H groups in total. The van der Waals surface area contributed by atoms with Gasteiger partial charge in [0.15, 0.2) is 0 Å². The molecule has 1 fully saturated rings. The summed E-state index contributed by atoms with van der Waals surface area (Å²) in [4.78, 5) is 46.5. The van der Waals surface area contributed by atoms with Crippen LogP contribution in [-0.4, -0.2) is 66.2 Å². The Balaban J connectivity index is 0.000000718. The fourth-order valence-corrected chi connectivity index (χ4v) is 2.84. The van der Waals surface area contributed by atoms with Gasteiger partial charge in [0.25, 0.3) is 0 Å². The van der Waals surface area contributed by atoms with Gasteiger partial charge in [-0.25, -0.2) is 9.59 Å². The smallest absolute Gasteiger partial charge is 0.475 e. The number of hydrogen-bond acceptors (Lipinski definition) is 6. The predicted octanol–water partition coefficient (Wildman–Crippen LogP) is 1.35. The number of anilines is 1. The molecule has 0 saturated carbocycles. The van der Waals surface area contributed by atoms with Crippen LogP contribution in [0.1, 0.15) is 32.3 Å². The number of aliphatic carboxylic acids is 1. The first kappa shape index (κ1) is 28.2. The van der Waals surface area contributed by atoms with Crippen LogP contribution >= 0.6 is 0 Å². The minimum absolute atomic E-state index is 0.0394. The van der Waals surface area contributed by atoms with E-state index >= 15 is 0 Å². The van der Waals surface area contributed by atoms with Gasteiger partial charge in [0.2, 0.25) is 5.91 Å². The highest BCUT2D eigenvalue weighted by Gasteiger charge is 2.38. The minimum Gasteiger partial charge on any atom is -0.475 e. The SMILES string of the molecule is CCOC(=O)C[C@@H](C)NC(=O)NC1CCN(c2ccc(C(=N)N)cc2)C1=O.O=C(O)C(F)(F)F. The number of nitrogens with zero attached hydrogens (tertiary/aromatic N) is 1. The third-order valence-electron chi connectivity index (χ3n) is 4.40. The molecule has 0 radical (unpaired) electrons. The van der Waals surface area contributed by atoms with Gasteiger partial charge in [0.05, 0.1) is 13.0 Å². The van der Waals surface area contributed by atoms with Gasteiger partial charge >= 0.3 is 24.1 Å². The zero-order valence-corrected chi connectivity index (χ0v) is 18.4. The average molecular weight is 489 g/mol. The fourth-order valence-electron chi connectivity index (χ4n) is 2.84. The Bertz CT molecular complexity index is 907. The Morgan fingerprint density at radius 1 is 1.29 bits per heavy atom. The third kappa shape index (κ3) is 8.96. The zero-order chi connectivity index (χ0) is 26.1. The van der Waals surface area contributed by atoms with Crippen molar-refractivity contribution >= 4 is 35.4 Å². The summed E-state index contributed by atoms with van der Waals surface area (Å²) in [5.41, 5.74) is 6.69. The molecule has 2 rings (SSSR count). The van der Waals surface area contributed by atoms with Gasteiger partial charge in [-0.15, -0.1) is 0 Å². The van der Waals surface area contributed by atoms with E-state index < -0.39 is 30.3 Å². The van der Waals surface area contributed by atoms with E-state index in [1.807, 2.05) is 0 Å². The van der Waals surface area contributed by atoms with Crippen LogP contribution < -0.4 is 21.3 Å². The molecule has 1 aromatic rings. The maximum atomic E-state index is 12.6. The molecule has 11 nitrogen and oxygen atoms in total. The molecule has 0 aliphatic carbocycles. The monoisotopic (exact) mass is 489 g/mol. The first-order chi connectivity index (χ1) is 15.8. The number of nitrogens with two attached hydrogens (primary N) is 1. The lowest BCUT2D eigenvalue weighted by atomic mass is 10.2. The maximum absolute atomic E-state index is 12.6. The number of halogens is 3. The van der Waals surface area contributed by atoms with Gasteiger partial charge in [-0.2, -0.15) is 13.2 Å².